The van der Waals surface area contributed by atoms with Gasteiger partial charge in [0.25, 0.3) is 5.91 Å². The lowest BCUT2D eigenvalue weighted by atomic mass is 10.1. The number of anilines is 1. The summed E-state index contributed by atoms with van der Waals surface area (Å²) in [6.45, 7) is 8.35. The first-order valence-electron chi connectivity index (χ1n) is 9.01. The Morgan fingerprint density at radius 1 is 1.15 bits per heavy atom. The van der Waals surface area contributed by atoms with E-state index in [-0.39, 0.29) is 5.91 Å². The van der Waals surface area contributed by atoms with E-state index >= 15 is 0 Å². The Morgan fingerprint density at radius 3 is 2.48 bits per heavy atom. The van der Waals surface area contributed by atoms with Gasteiger partial charge >= 0.3 is 0 Å². The van der Waals surface area contributed by atoms with Gasteiger partial charge < -0.3 is 14.5 Å². The van der Waals surface area contributed by atoms with Crippen molar-refractivity contribution in [2.75, 3.05) is 38.2 Å². The molecular weight excluding hydrogens is 340 g/mol. The molecule has 1 aliphatic rings. The fourth-order valence-corrected chi connectivity index (χ4v) is 3.48. The van der Waals surface area contributed by atoms with Gasteiger partial charge in [-0.15, -0.1) is 0 Å². The molecule has 3 rings (SSSR count). The molecular formula is C21H24N4O2. The van der Waals surface area contributed by atoms with Crippen LogP contribution in [-0.2, 0) is 0 Å². The van der Waals surface area contributed by atoms with E-state index in [1.807, 2.05) is 43.9 Å². The minimum atomic E-state index is 0.00976. The molecule has 0 spiro atoms. The third kappa shape index (κ3) is 3.72. The van der Waals surface area contributed by atoms with Crippen molar-refractivity contribution < 1.29 is 9.53 Å². The van der Waals surface area contributed by atoms with E-state index in [1.165, 1.54) is 0 Å². The van der Waals surface area contributed by atoms with Gasteiger partial charge in [-0.05, 0) is 44.5 Å². The smallest absolute Gasteiger partial charge is 0.254 e. The monoisotopic (exact) mass is 364 g/mol. The number of hydrogen-bond donors (Lipinski definition) is 0. The number of hydrogen-bond acceptors (Lipinski definition) is 5. The van der Waals surface area contributed by atoms with Crippen molar-refractivity contribution in [1.29, 1.82) is 5.26 Å². The van der Waals surface area contributed by atoms with Crippen LogP contribution in [0, 0.1) is 32.1 Å². The van der Waals surface area contributed by atoms with Crippen molar-refractivity contribution in [3.05, 3.63) is 52.3 Å². The number of amides is 1. The zero-order valence-electron chi connectivity index (χ0n) is 16.2. The summed E-state index contributed by atoms with van der Waals surface area (Å²) < 4.78 is 5.33. The molecule has 1 amide bonds. The number of nitrogens with zero attached hydrogens (tertiary/aromatic N) is 4. The largest absolute Gasteiger partial charge is 0.496 e. The summed E-state index contributed by atoms with van der Waals surface area (Å²) in [4.78, 5) is 21.2. The quantitative estimate of drug-likeness (QED) is 0.838. The Hall–Kier alpha value is -3.07. The third-order valence-electron chi connectivity index (χ3n) is 4.98. The average Bonchev–Trinajstić information content (AvgIpc) is 2.67. The number of aryl methyl sites for hydroxylation is 3. The van der Waals surface area contributed by atoms with Gasteiger partial charge in [0, 0.05) is 37.4 Å². The van der Waals surface area contributed by atoms with E-state index in [9.17, 15) is 10.1 Å². The van der Waals surface area contributed by atoms with Crippen molar-refractivity contribution in [3.63, 3.8) is 0 Å². The van der Waals surface area contributed by atoms with Crippen molar-refractivity contribution in [3.8, 4) is 11.8 Å². The second kappa shape index (κ2) is 7.67. The van der Waals surface area contributed by atoms with Crippen LogP contribution in [0.15, 0.2) is 24.3 Å². The zero-order valence-corrected chi connectivity index (χ0v) is 16.2. The highest BCUT2D eigenvalue weighted by molar-refractivity contribution is 5.95. The molecule has 1 fully saturated rings. The number of carbonyl (C=O) groups excluding carboxylic acids is 1. The molecule has 0 bridgehead atoms. The summed E-state index contributed by atoms with van der Waals surface area (Å²) in [7, 11) is 1.61. The molecule has 1 aliphatic heterocycles. The molecule has 0 aliphatic carbocycles. The van der Waals surface area contributed by atoms with Crippen molar-refractivity contribution >= 4 is 11.6 Å². The number of ether oxygens (including phenoxy) is 1. The summed E-state index contributed by atoms with van der Waals surface area (Å²) in [5.74, 6) is 0.733. The molecule has 2 aromatic rings. The molecule has 140 valence electrons. The summed E-state index contributed by atoms with van der Waals surface area (Å²) in [5.41, 5.74) is 4.81. The second-order valence-corrected chi connectivity index (χ2v) is 6.82. The predicted octanol–water partition coefficient (Wildman–Crippen LogP) is 2.85. The second-order valence-electron chi connectivity index (χ2n) is 6.82. The predicted molar refractivity (Wildman–Crippen MR) is 104 cm³/mol. The van der Waals surface area contributed by atoms with Gasteiger partial charge in [-0.25, -0.2) is 0 Å². The first kappa shape index (κ1) is 18.7. The van der Waals surface area contributed by atoms with Gasteiger partial charge in [0.2, 0.25) is 0 Å². The molecule has 1 aromatic carbocycles. The highest BCUT2D eigenvalue weighted by Crippen LogP contribution is 2.25. The van der Waals surface area contributed by atoms with Crippen LogP contribution in [0.3, 0.4) is 0 Å². The number of nitriles is 1. The molecule has 27 heavy (non-hydrogen) atoms. The lowest BCUT2D eigenvalue weighted by Crippen LogP contribution is -2.49. The normalized spacial score (nSPS) is 14.0. The minimum Gasteiger partial charge on any atom is -0.496 e. The number of piperazine rings is 1. The van der Waals surface area contributed by atoms with Crippen LogP contribution in [-0.4, -0.2) is 49.1 Å². The molecule has 1 aromatic heterocycles. The summed E-state index contributed by atoms with van der Waals surface area (Å²) in [6, 6.07) is 9.77. The van der Waals surface area contributed by atoms with Crippen molar-refractivity contribution in [2.45, 2.75) is 20.8 Å². The van der Waals surface area contributed by atoms with Crippen LogP contribution >= 0.6 is 0 Å². The molecule has 6 nitrogen and oxygen atoms in total. The third-order valence-corrected chi connectivity index (χ3v) is 4.98. The molecule has 1 saturated heterocycles. The van der Waals surface area contributed by atoms with E-state index in [2.05, 4.69) is 16.0 Å². The topological polar surface area (TPSA) is 69.5 Å². The zero-order chi connectivity index (χ0) is 19.6. The summed E-state index contributed by atoms with van der Waals surface area (Å²) in [6.07, 6.45) is 0. The summed E-state index contributed by atoms with van der Waals surface area (Å²) in [5, 5.41) is 9.49. The lowest BCUT2D eigenvalue weighted by molar-refractivity contribution is 0.0746. The van der Waals surface area contributed by atoms with Gasteiger partial charge in [0.05, 0.1) is 24.1 Å². The van der Waals surface area contributed by atoms with Gasteiger partial charge in [0.15, 0.2) is 0 Å². The van der Waals surface area contributed by atoms with Crippen LogP contribution < -0.4 is 9.64 Å². The maximum Gasteiger partial charge on any atom is 0.254 e. The first-order chi connectivity index (χ1) is 12.9. The minimum absolute atomic E-state index is 0.00976. The molecule has 0 N–H and O–H groups in total. The van der Waals surface area contributed by atoms with E-state index in [0.717, 1.165) is 28.4 Å². The Morgan fingerprint density at radius 2 is 1.85 bits per heavy atom. The number of benzene rings is 1. The Kier molecular flexibility index (Phi) is 5.31. The van der Waals surface area contributed by atoms with E-state index in [0.29, 0.717) is 37.3 Å². The number of methoxy groups -OCH3 is 1. The molecule has 2 heterocycles. The number of pyridine rings is 1. The molecule has 0 radical (unpaired) electrons. The average molecular weight is 364 g/mol. The van der Waals surface area contributed by atoms with Crippen molar-refractivity contribution in [1.82, 2.24) is 9.88 Å². The van der Waals surface area contributed by atoms with Gasteiger partial charge in [0.1, 0.15) is 11.8 Å². The van der Waals surface area contributed by atoms with E-state index < -0.39 is 0 Å². The number of aromatic nitrogens is 1. The van der Waals surface area contributed by atoms with Crippen LogP contribution in [0.1, 0.15) is 32.9 Å². The molecule has 0 atom stereocenters. The van der Waals surface area contributed by atoms with E-state index in [4.69, 9.17) is 4.74 Å². The molecule has 0 unspecified atom stereocenters. The Labute approximate surface area is 160 Å². The fraction of sp³-hybridized carbons (Fsp3) is 0.381. The highest BCUT2D eigenvalue weighted by Gasteiger charge is 2.25. The number of carbonyl (C=O) groups is 1. The van der Waals surface area contributed by atoms with Crippen LogP contribution in [0.2, 0.25) is 0 Å². The van der Waals surface area contributed by atoms with Crippen LogP contribution in [0.25, 0.3) is 0 Å². The SMILES string of the molecule is COc1cc(C(=O)N2CCN(c3cc(C)nc(C)c3C#N)CC2)ccc1C. The highest BCUT2D eigenvalue weighted by atomic mass is 16.5. The lowest BCUT2D eigenvalue weighted by Gasteiger charge is -2.36. The first-order valence-corrected chi connectivity index (χ1v) is 9.01. The van der Waals surface area contributed by atoms with E-state index in [1.54, 1.807) is 13.2 Å². The van der Waals surface area contributed by atoms with Crippen LogP contribution in [0.4, 0.5) is 5.69 Å². The Balaban J connectivity index is 1.74. The summed E-state index contributed by atoms with van der Waals surface area (Å²) >= 11 is 0. The Bertz CT molecular complexity index is 909. The van der Waals surface area contributed by atoms with Crippen molar-refractivity contribution in [2.24, 2.45) is 0 Å². The molecule has 6 heteroatoms. The standard InChI is InChI=1S/C21H24N4O2/c1-14-5-6-17(12-20(14)27-4)21(26)25-9-7-24(8-10-25)19-11-15(2)23-16(3)18(19)13-22/h5-6,11-12H,7-10H2,1-4H3. The maximum atomic E-state index is 12.8. The molecule has 0 saturated carbocycles. The van der Waals surface area contributed by atoms with Crippen LogP contribution in [0.5, 0.6) is 5.75 Å². The van der Waals surface area contributed by atoms with Gasteiger partial charge in [-0.2, -0.15) is 5.26 Å². The maximum absolute atomic E-state index is 12.8. The fourth-order valence-electron chi connectivity index (χ4n) is 3.48. The number of rotatable bonds is 3. The van der Waals surface area contributed by atoms with Gasteiger partial charge in [-0.3, -0.25) is 9.78 Å². The van der Waals surface area contributed by atoms with Gasteiger partial charge in [-0.1, -0.05) is 6.07 Å².